The van der Waals surface area contributed by atoms with Crippen LogP contribution in [0, 0.1) is 5.41 Å². The minimum absolute atomic E-state index is 0.236. The standard InChI is InChI=1S/C15H22ClNO/c1-15(2)10-4-5-13(14(15)17-3)18-12-8-6-11(16)7-9-12/h6-9,13-14,17H,4-5,10H2,1-3H3. The van der Waals surface area contributed by atoms with E-state index in [9.17, 15) is 0 Å². The zero-order valence-electron chi connectivity index (χ0n) is 11.4. The summed E-state index contributed by atoms with van der Waals surface area (Å²) in [5.41, 5.74) is 0.282. The van der Waals surface area contributed by atoms with Gasteiger partial charge in [0.25, 0.3) is 0 Å². The molecule has 0 saturated heterocycles. The van der Waals surface area contributed by atoms with Gasteiger partial charge in [-0.15, -0.1) is 0 Å². The highest BCUT2D eigenvalue weighted by Gasteiger charge is 2.39. The summed E-state index contributed by atoms with van der Waals surface area (Å²) in [6, 6.07) is 8.02. The Hall–Kier alpha value is -0.730. The van der Waals surface area contributed by atoms with Crippen molar-refractivity contribution in [3.8, 4) is 5.75 Å². The molecule has 18 heavy (non-hydrogen) atoms. The number of ether oxygens (including phenoxy) is 1. The van der Waals surface area contributed by atoms with Crippen LogP contribution < -0.4 is 10.1 Å². The van der Waals surface area contributed by atoms with Crippen molar-refractivity contribution in [2.24, 2.45) is 5.41 Å². The van der Waals surface area contributed by atoms with Crippen molar-refractivity contribution in [2.45, 2.75) is 45.3 Å². The second kappa shape index (κ2) is 5.50. The second-order valence-electron chi connectivity index (χ2n) is 5.76. The Morgan fingerprint density at radius 1 is 1.28 bits per heavy atom. The lowest BCUT2D eigenvalue weighted by atomic mass is 9.72. The van der Waals surface area contributed by atoms with Gasteiger partial charge in [0.05, 0.1) is 0 Å². The quantitative estimate of drug-likeness (QED) is 0.897. The van der Waals surface area contributed by atoms with Crippen LogP contribution in [0.25, 0.3) is 0 Å². The van der Waals surface area contributed by atoms with Gasteiger partial charge in [-0.25, -0.2) is 0 Å². The van der Waals surface area contributed by atoms with Crippen molar-refractivity contribution in [1.82, 2.24) is 5.32 Å². The van der Waals surface area contributed by atoms with Crippen LogP contribution in [0.1, 0.15) is 33.1 Å². The Morgan fingerprint density at radius 3 is 2.56 bits per heavy atom. The summed E-state index contributed by atoms with van der Waals surface area (Å²) in [7, 11) is 2.02. The lowest BCUT2D eigenvalue weighted by Crippen LogP contribution is -2.53. The number of likely N-dealkylation sites (N-methyl/N-ethyl adjacent to an activating group) is 1. The third-order valence-corrected chi connectivity index (χ3v) is 4.19. The third-order valence-electron chi connectivity index (χ3n) is 3.94. The predicted molar refractivity (Wildman–Crippen MR) is 76.3 cm³/mol. The predicted octanol–water partition coefficient (Wildman–Crippen LogP) is 3.89. The first-order chi connectivity index (χ1) is 8.53. The Balaban J connectivity index is 2.09. The van der Waals surface area contributed by atoms with Gasteiger partial charge < -0.3 is 10.1 Å². The van der Waals surface area contributed by atoms with Gasteiger partial charge in [0.1, 0.15) is 11.9 Å². The number of rotatable bonds is 3. The van der Waals surface area contributed by atoms with Crippen LogP contribution in [0.5, 0.6) is 5.75 Å². The zero-order chi connectivity index (χ0) is 13.2. The van der Waals surface area contributed by atoms with Crippen molar-refractivity contribution in [2.75, 3.05) is 7.05 Å². The van der Waals surface area contributed by atoms with Gasteiger partial charge in [0, 0.05) is 11.1 Å². The minimum atomic E-state index is 0.236. The van der Waals surface area contributed by atoms with Crippen molar-refractivity contribution in [3.63, 3.8) is 0 Å². The molecule has 1 N–H and O–H groups in total. The molecule has 1 saturated carbocycles. The molecule has 2 nitrogen and oxygen atoms in total. The normalized spacial score (nSPS) is 26.9. The first kappa shape index (κ1) is 13.7. The zero-order valence-corrected chi connectivity index (χ0v) is 12.1. The SMILES string of the molecule is CNC1C(Oc2ccc(Cl)cc2)CCCC1(C)C. The second-order valence-corrected chi connectivity index (χ2v) is 6.19. The molecule has 1 aromatic carbocycles. The van der Waals surface area contributed by atoms with Gasteiger partial charge in [-0.05, 0) is 56.0 Å². The largest absolute Gasteiger partial charge is 0.489 e. The molecule has 2 atom stereocenters. The summed E-state index contributed by atoms with van der Waals surface area (Å²) >= 11 is 5.89. The van der Waals surface area contributed by atoms with E-state index in [1.54, 1.807) is 0 Å². The van der Waals surface area contributed by atoms with Gasteiger partial charge in [-0.3, -0.25) is 0 Å². The smallest absolute Gasteiger partial charge is 0.119 e. The van der Waals surface area contributed by atoms with Crippen LogP contribution in [0.4, 0.5) is 0 Å². The molecule has 1 aliphatic carbocycles. The highest BCUT2D eigenvalue weighted by atomic mass is 35.5. The summed E-state index contributed by atoms with van der Waals surface area (Å²) < 4.78 is 6.13. The first-order valence-electron chi connectivity index (χ1n) is 6.62. The van der Waals surface area contributed by atoms with Gasteiger partial charge >= 0.3 is 0 Å². The van der Waals surface area contributed by atoms with Crippen LogP contribution in [0.15, 0.2) is 24.3 Å². The molecule has 0 aliphatic heterocycles. The van der Waals surface area contributed by atoms with Gasteiger partial charge in [0.15, 0.2) is 0 Å². The number of benzene rings is 1. The van der Waals surface area contributed by atoms with Crippen molar-refractivity contribution in [3.05, 3.63) is 29.3 Å². The molecule has 0 amide bonds. The molecule has 2 rings (SSSR count). The molecule has 0 aromatic heterocycles. The molecule has 0 radical (unpaired) electrons. The maximum atomic E-state index is 6.13. The minimum Gasteiger partial charge on any atom is -0.489 e. The molecular formula is C15H22ClNO. The van der Waals surface area contributed by atoms with Crippen LogP contribution in [-0.2, 0) is 0 Å². The summed E-state index contributed by atoms with van der Waals surface area (Å²) in [5.74, 6) is 0.905. The van der Waals surface area contributed by atoms with Crippen LogP contribution in [0.2, 0.25) is 5.02 Å². The maximum Gasteiger partial charge on any atom is 0.119 e. The van der Waals surface area contributed by atoms with Crippen molar-refractivity contribution >= 4 is 11.6 Å². The number of hydrogen-bond donors (Lipinski definition) is 1. The Labute approximate surface area is 115 Å². The van der Waals surface area contributed by atoms with E-state index in [4.69, 9.17) is 16.3 Å². The third kappa shape index (κ3) is 2.99. The monoisotopic (exact) mass is 267 g/mol. The van der Waals surface area contributed by atoms with E-state index in [0.717, 1.165) is 17.2 Å². The van der Waals surface area contributed by atoms with E-state index >= 15 is 0 Å². The molecule has 0 bridgehead atoms. The van der Waals surface area contributed by atoms with Crippen LogP contribution >= 0.6 is 11.6 Å². The highest BCUT2D eigenvalue weighted by Crippen LogP contribution is 2.37. The molecule has 0 heterocycles. The topological polar surface area (TPSA) is 21.3 Å². The Bertz CT molecular complexity index is 388. The first-order valence-corrected chi connectivity index (χ1v) is 7.00. The average Bonchev–Trinajstić information content (AvgIpc) is 2.31. The molecular weight excluding hydrogens is 246 g/mol. The summed E-state index contributed by atoms with van der Waals surface area (Å²) in [6.07, 6.45) is 3.82. The van der Waals surface area contributed by atoms with E-state index in [0.29, 0.717) is 6.04 Å². The summed E-state index contributed by atoms with van der Waals surface area (Å²) in [4.78, 5) is 0. The molecule has 1 aromatic rings. The van der Waals surface area contributed by atoms with E-state index < -0.39 is 0 Å². The fraction of sp³-hybridized carbons (Fsp3) is 0.600. The Morgan fingerprint density at radius 2 is 1.94 bits per heavy atom. The van der Waals surface area contributed by atoms with Gasteiger partial charge in [0.2, 0.25) is 0 Å². The average molecular weight is 268 g/mol. The fourth-order valence-electron chi connectivity index (χ4n) is 2.98. The highest BCUT2D eigenvalue weighted by molar-refractivity contribution is 6.30. The number of halogens is 1. The molecule has 100 valence electrons. The lowest BCUT2D eigenvalue weighted by Gasteiger charge is -2.43. The van der Waals surface area contributed by atoms with E-state index in [-0.39, 0.29) is 11.5 Å². The van der Waals surface area contributed by atoms with Crippen LogP contribution in [-0.4, -0.2) is 19.2 Å². The van der Waals surface area contributed by atoms with E-state index in [1.165, 1.54) is 12.8 Å². The van der Waals surface area contributed by atoms with E-state index in [2.05, 4.69) is 19.2 Å². The fourth-order valence-corrected chi connectivity index (χ4v) is 3.10. The van der Waals surface area contributed by atoms with E-state index in [1.807, 2.05) is 31.3 Å². The maximum absolute atomic E-state index is 6.13. The van der Waals surface area contributed by atoms with Crippen molar-refractivity contribution < 1.29 is 4.74 Å². The lowest BCUT2D eigenvalue weighted by molar-refractivity contribution is 0.0404. The number of hydrogen-bond acceptors (Lipinski definition) is 2. The Kier molecular flexibility index (Phi) is 4.18. The molecule has 0 spiro atoms. The molecule has 1 aliphatic rings. The van der Waals surface area contributed by atoms with Gasteiger partial charge in [-0.1, -0.05) is 25.4 Å². The molecule has 1 fully saturated rings. The number of nitrogens with one attached hydrogen (secondary N) is 1. The summed E-state index contributed by atoms with van der Waals surface area (Å²) in [6.45, 7) is 4.62. The molecule has 2 unspecified atom stereocenters. The van der Waals surface area contributed by atoms with Gasteiger partial charge in [-0.2, -0.15) is 0 Å². The molecule has 3 heteroatoms. The van der Waals surface area contributed by atoms with Crippen molar-refractivity contribution in [1.29, 1.82) is 0 Å². The van der Waals surface area contributed by atoms with Crippen LogP contribution in [0.3, 0.4) is 0 Å². The summed E-state index contributed by atoms with van der Waals surface area (Å²) in [5, 5.41) is 4.17.